The molecule has 0 spiro atoms. The number of hydrogen-bond donors (Lipinski definition) is 1. The molecule has 0 saturated carbocycles. The highest BCUT2D eigenvalue weighted by atomic mass is 16.5. The van der Waals surface area contributed by atoms with Crippen LogP contribution in [0.15, 0.2) is 48.5 Å². The van der Waals surface area contributed by atoms with Gasteiger partial charge >= 0.3 is 0 Å². The Morgan fingerprint density at radius 2 is 1.67 bits per heavy atom. The third-order valence-electron chi connectivity index (χ3n) is 4.16. The summed E-state index contributed by atoms with van der Waals surface area (Å²) in [7, 11) is 1.61. The van der Waals surface area contributed by atoms with Gasteiger partial charge in [0.15, 0.2) is 0 Å². The molecule has 0 aliphatic carbocycles. The van der Waals surface area contributed by atoms with Crippen LogP contribution in [0.4, 0.5) is 0 Å². The Morgan fingerprint density at radius 1 is 1.04 bits per heavy atom. The summed E-state index contributed by atoms with van der Waals surface area (Å²) in [4.78, 5) is 14.5. The third-order valence-corrected chi connectivity index (χ3v) is 4.16. The van der Waals surface area contributed by atoms with E-state index in [0.29, 0.717) is 43.0 Å². The molecule has 1 aliphatic rings. The fourth-order valence-electron chi connectivity index (χ4n) is 2.74. The number of aliphatic hydroxyl groups is 1. The minimum absolute atomic E-state index is 0.0639. The molecule has 1 amide bonds. The first kappa shape index (κ1) is 16.3. The molecule has 1 aliphatic heterocycles. The number of methoxy groups -OCH3 is 1. The predicted molar refractivity (Wildman–Crippen MR) is 90.7 cm³/mol. The largest absolute Gasteiger partial charge is 0.497 e. The first-order valence-corrected chi connectivity index (χ1v) is 8.05. The number of amides is 1. The van der Waals surface area contributed by atoms with Gasteiger partial charge in [0.1, 0.15) is 17.2 Å². The number of aliphatic hydroxyl groups excluding tert-OH is 1. The van der Waals surface area contributed by atoms with E-state index in [1.54, 1.807) is 36.3 Å². The smallest absolute Gasteiger partial charge is 0.257 e. The Labute approximate surface area is 141 Å². The Morgan fingerprint density at radius 3 is 2.33 bits per heavy atom. The van der Waals surface area contributed by atoms with E-state index in [1.165, 1.54) is 0 Å². The van der Waals surface area contributed by atoms with Crippen molar-refractivity contribution in [3.05, 3.63) is 54.1 Å². The maximum absolute atomic E-state index is 12.8. The van der Waals surface area contributed by atoms with Crippen molar-refractivity contribution in [1.29, 1.82) is 0 Å². The number of carbonyl (C=O) groups excluding carboxylic acids is 1. The van der Waals surface area contributed by atoms with Crippen LogP contribution in [0.3, 0.4) is 0 Å². The topological polar surface area (TPSA) is 59.0 Å². The average molecular weight is 327 g/mol. The van der Waals surface area contributed by atoms with E-state index in [0.717, 1.165) is 5.75 Å². The van der Waals surface area contributed by atoms with Crippen LogP contribution < -0.4 is 9.47 Å². The molecule has 0 aromatic heterocycles. The van der Waals surface area contributed by atoms with Crippen molar-refractivity contribution in [1.82, 2.24) is 4.90 Å². The molecule has 0 bridgehead atoms. The number of piperidine rings is 1. The van der Waals surface area contributed by atoms with E-state index < -0.39 is 0 Å². The van der Waals surface area contributed by atoms with Gasteiger partial charge in [0.25, 0.3) is 5.91 Å². The molecule has 5 nitrogen and oxygen atoms in total. The minimum Gasteiger partial charge on any atom is -0.497 e. The SMILES string of the molecule is COc1ccc(Oc2ccccc2C(=O)N2CCC(O)CC2)cc1. The average Bonchev–Trinajstić information content (AvgIpc) is 2.63. The maximum atomic E-state index is 12.8. The number of likely N-dealkylation sites (tertiary alicyclic amines) is 1. The molecule has 1 saturated heterocycles. The molecular formula is C19H21NO4. The summed E-state index contributed by atoms with van der Waals surface area (Å²) in [5.41, 5.74) is 0.532. The van der Waals surface area contributed by atoms with Gasteiger partial charge < -0.3 is 19.5 Å². The summed E-state index contributed by atoms with van der Waals surface area (Å²) in [5, 5.41) is 9.60. The second-order valence-electron chi connectivity index (χ2n) is 5.80. The van der Waals surface area contributed by atoms with Crippen molar-refractivity contribution >= 4 is 5.91 Å². The van der Waals surface area contributed by atoms with Crippen LogP contribution in [0, 0.1) is 0 Å². The molecule has 2 aromatic carbocycles. The molecule has 126 valence electrons. The van der Waals surface area contributed by atoms with E-state index in [-0.39, 0.29) is 12.0 Å². The van der Waals surface area contributed by atoms with Gasteiger partial charge in [-0.15, -0.1) is 0 Å². The van der Waals surface area contributed by atoms with Gasteiger partial charge in [-0.1, -0.05) is 12.1 Å². The normalized spacial score (nSPS) is 15.2. The van der Waals surface area contributed by atoms with Crippen LogP contribution in [-0.2, 0) is 0 Å². The van der Waals surface area contributed by atoms with Gasteiger partial charge in [0, 0.05) is 13.1 Å². The standard InChI is InChI=1S/C19H21NO4/c1-23-15-6-8-16(9-7-15)24-18-5-3-2-4-17(18)19(22)20-12-10-14(21)11-13-20/h2-9,14,21H,10-13H2,1H3. The van der Waals surface area contributed by atoms with Gasteiger partial charge in [-0.05, 0) is 49.2 Å². The van der Waals surface area contributed by atoms with Crippen LogP contribution >= 0.6 is 0 Å². The summed E-state index contributed by atoms with van der Waals surface area (Å²) in [6.07, 6.45) is 0.931. The molecule has 1 heterocycles. The summed E-state index contributed by atoms with van der Waals surface area (Å²) < 4.78 is 11.0. The quantitative estimate of drug-likeness (QED) is 0.937. The molecule has 1 N–H and O–H groups in total. The molecule has 0 radical (unpaired) electrons. The van der Waals surface area contributed by atoms with Gasteiger partial charge in [0.05, 0.1) is 18.8 Å². The highest BCUT2D eigenvalue weighted by Gasteiger charge is 2.24. The number of para-hydroxylation sites is 1. The second kappa shape index (κ2) is 7.36. The number of rotatable bonds is 4. The van der Waals surface area contributed by atoms with Crippen LogP contribution in [0.2, 0.25) is 0 Å². The molecule has 5 heteroatoms. The number of ether oxygens (including phenoxy) is 2. The van der Waals surface area contributed by atoms with E-state index in [9.17, 15) is 9.90 Å². The predicted octanol–water partition coefficient (Wildman–Crippen LogP) is 3.08. The minimum atomic E-state index is -0.306. The lowest BCUT2D eigenvalue weighted by atomic mass is 10.1. The first-order valence-electron chi connectivity index (χ1n) is 8.05. The molecular weight excluding hydrogens is 306 g/mol. The van der Waals surface area contributed by atoms with E-state index in [4.69, 9.17) is 9.47 Å². The molecule has 1 fully saturated rings. The number of nitrogens with zero attached hydrogens (tertiary/aromatic N) is 1. The Bertz CT molecular complexity index is 691. The number of hydrogen-bond acceptors (Lipinski definition) is 4. The lowest BCUT2D eigenvalue weighted by Crippen LogP contribution is -2.40. The molecule has 3 rings (SSSR count). The van der Waals surface area contributed by atoms with Crippen molar-refractivity contribution in [2.45, 2.75) is 18.9 Å². The molecule has 2 aromatic rings. The maximum Gasteiger partial charge on any atom is 0.257 e. The fraction of sp³-hybridized carbons (Fsp3) is 0.316. The van der Waals surface area contributed by atoms with Crippen LogP contribution in [0.5, 0.6) is 17.2 Å². The second-order valence-corrected chi connectivity index (χ2v) is 5.80. The van der Waals surface area contributed by atoms with Crippen LogP contribution in [0.25, 0.3) is 0 Å². The van der Waals surface area contributed by atoms with Gasteiger partial charge in [-0.3, -0.25) is 4.79 Å². The summed E-state index contributed by atoms with van der Waals surface area (Å²) in [5.74, 6) is 1.86. The monoisotopic (exact) mass is 327 g/mol. The third kappa shape index (κ3) is 3.68. The summed E-state index contributed by atoms with van der Waals surface area (Å²) in [6, 6.07) is 14.5. The molecule has 24 heavy (non-hydrogen) atoms. The zero-order valence-electron chi connectivity index (χ0n) is 13.6. The van der Waals surface area contributed by atoms with Crippen LogP contribution in [0.1, 0.15) is 23.2 Å². The van der Waals surface area contributed by atoms with Crippen molar-refractivity contribution in [2.24, 2.45) is 0 Å². The number of carbonyl (C=O) groups is 1. The Kier molecular flexibility index (Phi) is 5.01. The number of benzene rings is 2. The van der Waals surface area contributed by atoms with Crippen molar-refractivity contribution in [3.63, 3.8) is 0 Å². The molecule has 0 atom stereocenters. The zero-order valence-corrected chi connectivity index (χ0v) is 13.6. The Hall–Kier alpha value is -2.53. The van der Waals surface area contributed by atoms with Crippen molar-refractivity contribution in [3.8, 4) is 17.2 Å². The fourth-order valence-corrected chi connectivity index (χ4v) is 2.74. The van der Waals surface area contributed by atoms with E-state index in [2.05, 4.69) is 0 Å². The van der Waals surface area contributed by atoms with Gasteiger partial charge in [-0.2, -0.15) is 0 Å². The Balaban J connectivity index is 1.78. The lowest BCUT2D eigenvalue weighted by molar-refractivity contribution is 0.0544. The van der Waals surface area contributed by atoms with E-state index >= 15 is 0 Å². The summed E-state index contributed by atoms with van der Waals surface area (Å²) >= 11 is 0. The molecule has 0 unspecified atom stereocenters. The van der Waals surface area contributed by atoms with Gasteiger partial charge in [-0.25, -0.2) is 0 Å². The lowest BCUT2D eigenvalue weighted by Gasteiger charge is -2.30. The van der Waals surface area contributed by atoms with Crippen molar-refractivity contribution < 1.29 is 19.4 Å². The van der Waals surface area contributed by atoms with Gasteiger partial charge in [0.2, 0.25) is 0 Å². The van der Waals surface area contributed by atoms with Crippen molar-refractivity contribution in [2.75, 3.05) is 20.2 Å². The highest BCUT2D eigenvalue weighted by molar-refractivity contribution is 5.97. The van der Waals surface area contributed by atoms with Crippen LogP contribution in [-0.4, -0.2) is 42.2 Å². The van der Waals surface area contributed by atoms with E-state index in [1.807, 2.05) is 24.3 Å². The zero-order chi connectivity index (χ0) is 16.9. The highest BCUT2D eigenvalue weighted by Crippen LogP contribution is 2.28. The first-order chi connectivity index (χ1) is 11.7. The summed E-state index contributed by atoms with van der Waals surface area (Å²) in [6.45, 7) is 1.13.